The van der Waals surface area contributed by atoms with Crippen LogP contribution in [0.15, 0.2) is 0 Å². The van der Waals surface area contributed by atoms with Crippen LogP contribution < -0.4 is 5.73 Å². The Morgan fingerprint density at radius 3 is 1.56 bits per heavy atom. The summed E-state index contributed by atoms with van der Waals surface area (Å²) in [5.74, 6) is 0. The van der Waals surface area contributed by atoms with Crippen molar-refractivity contribution < 1.29 is 13.0 Å². The highest BCUT2D eigenvalue weighted by Crippen LogP contribution is 2.07. The van der Waals surface area contributed by atoms with Gasteiger partial charge < -0.3 is 5.73 Å². The number of hydrogen-bond donors (Lipinski definition) is 2. The highest BCUT2D eigenvalue weighted by atomic mass is 32.2. The van der Waals surface area contributed by atoms with Gasteiger partial charge in [0.2, 0.25) is 0 Å². The minimum Gasteiger partial charge on any atom is -0.330 e. The van der Waals surface area contributed by atoms with Gasteiger partial charge in [-0.25, -0.2) is 0 Å². The van der Waals surface area contributed by atoms with Crippen molar-refractivity contribution in [2.45, 2.75) is 58.3 Å². The first-order chi connectivity index (χ1) is 7.41. The second-order valence-corrected chi connectivity index (χ2v) is 5.46. The Kier molecular flexibility index (Phi) is 14.7. The van der Waals surface area contributed by atoms with Crippen molar-refractivity contribution >= 4 is 10.1 Å². The van der Waals surface area contributed by atoms with Crippen LogP contribution in [0.4, 0.5) is 0 Å². The number of hydrogen-bond acceptors (Lipinski definition) is 3. The molecule has 0 bridgehead atoms. The maximum Gasteiger partial charge on any atom is 0.261 e. The highest BCUT2D eigenvalue weighted by Gasteiger charge is 1.89. The molecule has 4 nitrogen and oxygen atoms in total. The molecule has 16 heavy (non-hydrogen) atoms. The average molecular weight is 253 g/mol. The minimum absolute atomic E-state index is 0.715. The summed E-state index contributed by atoms with van der Waals surface area (Å²) in [4.78, 5) is 0. The van der Waals surface area contributed by atoms with Gasteiger partial charge in [0, 0.05) is 0 Å². The van der Waals surface area contributed by atoms with Crippen LogP contribution in [-0.4, -0.2) is 25.8 Å². The van der Waals surface area contributed by atoms with Crippen molar-refractivity contribution in [1.29, 1.82) is 0 Å². The van der Waals surface area contributed by atoms with Gasteiger partial charge in [-0.15, -0.1) is 0 Å². The highest BCUT2D eigenvalue weighted by molar-refractivity contribution is 7.85. The largest absolute Gasteiger partial charge is 0.330 e. The Bertz CT molecular complexity index is 199. The molecule has 3 N–H and O–H groups in total. The molecule has 0 fully saturated rings. The molecule has 0 saturated carbocycles. The molecule has 5 heteroatoms. The Morgan fingerprint density at radius 1 is 0.938 bits per heavy atom. The van der Waals surface area contributed by atoms with Crippen LogP contribution in [0.25, 0.3) is 0 Å². The topological polar surface area (TPSA) is 80.4 Å². The molecule has 0 heterocycles. The van der Waals surface area contributed by atoms with Crippen molar-refractivity contribution in [2.75, 3.05) is 12.8 Å². The fourth-order valence-electron chi connectivity index (χ4n) is 1.28. The molecule has 0 unspecified atom stereocenters. The first kappa shape index (κ1) is 18.2. The molecular weight excluding hydrogens is 226 g/mol. The van der Waals surface area contributed by atoms with E-state index in [4.69, 9.17) is 10.3 Å². The van der Waals surface area contributed by atoms with E-state index < -0.39 is 10.1 Å². The van der Waals surface area contributed by atoms with Crippen LogP contribution in [0.3, 0.4) is 0 Å². The molecule has 0 rings (SSSR count). The molecule has 0 aliphatic rings. The third-order valence-corrected chi connectivity index (χ3v) is 2.06. The van der Waals surface area contributed by atoms with Gasteiger partial charge in [0.05, 0.1) is 6.26 Å². The quantitative estimate of drug-likeness (QED) is 0.514. The van der Waals surface area contributed by atoms with Gasteiger partial charge in [0.1, 0.15) is 0 Å². The molecule has 0 spiro atoms. The summed E-state index contributed by atoms with van der Waals surface area (Å²) in [7, 11) is -3.67. The van der Waals surface area contributed by atoms with E-state index in [2.05, 4.69) is 6.92 Å². The summed E-state index contributed by atoms with van der Waals surface area (Å²) in [5.41, 5.74) is 5.39. The number of rotatable bonds is 8. The average Bonchev–Trinajstić information content (AvgIpc) is 2.14. The lowest BCUT2D eigenvalue weighted by atomic mass is 10.1. The molecular formula is C11H27NO3S. The molecule has 0 amide bonds. The van der Waals surface area contributed by atoms with Gasteiger partial charge in [0.25, 0.3) is 10.1 Å². The SMILES string of the molecule is CCCCCCCCCCN.CS(=O)(=O)O. The Hall–Kier alpha value is -0.130. The fourth-order valence-corrected chi connectivity index (χ4v) is 1.28. The summed E-state index contributed by atoms with van der Waals surface area (Å²) >= 11 is 0. The van der Waals surface area contributed by atoms with Gasteiger partial charge in [-0.2, -0.15) is 8.42 Å². The van der Waals surface area contributed by atoms with E-state index >= 15 is 0 Å². The standard InChI is InChI=1S/C10H23N.CH4O3S/c1-2-3-4-5-6-7-8-9-10-11;1-5(2,3)4/h2-11H2,1H3;1H3,(H,2,3,4). The molecule has 0 aromatic heterocycles. The smallest absolute Gasteiger partial charge is 0.261 e. The lowest BCUT2D eigenvalue weighted by molar-refractivity contribution is 0.490. The van der Waals surface area contributed by atoms with E-state index in [9.17, 15) is 8.42 Å². The van der Waals surface area contributed by atoms with E-state index in [1.54, 1.807) is 0 Å². The predicted molar refractivity (Wildman–Crippen MR) is 69.1 cm³/mol. The number of nitrogens with two attached hydrogens (primary N) is 1. The van der Waals surface area contributed by atoms with Gasteiger partial charge in [0.15, 0.2) is 0 Å². The molecule has 0 aliphatic carbocycles. The van der Waals surface area contributed by atoms with Crippen molar-refractivity contribution in [3.8, 4) is 0 Å². The lowest BCUT2D eigenvalue weighted by Gasteiger charge is -1.99. The Morgan fingerprint density at radius 2 is 1.25 bits per heavy atom. The molecule has 0 saturated heterocycles. The summed E-state index contributed by atoms with van der Waals surface area (Å²) < 4.78 is 25.9. The first-order valence-electron chi connectivity index (χ1n) is 6.04. The zero-order chi connectivity index (χ0) is 12.9. The summed E-state index contributed by atoms with van der Waals surface area (Å²) in [6.07, 6.45) is 11.7. The zero-order valence-electron chi connectivity index (χ0n) is 10.6. The van der Waals surface area contributed by atoms with Crippen molar-refractivity contribution in [3.63, 3.8) is 0 Å². The molecule has 0 aromatic rings. The normalized spacial score (nSPS) is 10.8. The van der Waals surface area contributed by atoms with E-state index in [0.29, 0.717) is 6.26 Å². The second-order valence-electron chi connectivity index (χ2n) is 4.00. The summed E-state index contributed by atoms with van der Waals surface area (Å²) in [5, 5.41) is 0. The van der Waals surface area contributed by atoms with Crippen LogP contribution in [0.2, 0.25) is 0 Å². The van der Waals surface area contributed by atoms with Crippen LogP contribution in [0, 0.1) is 0 Å². The van der Waals surface area contributed by atoms with Gasteiger partial charge in [-0.1, -0.05) is 51.9 Å². The molecule has 100 valence electrons. The lowest BCUT2D eigenvalue weighted by Crippen LogP contribution is -1.97. The third kappa shape index (κ3) is 37.1. The summed E-state index contributed by atoms with van der Waals surface area (Å²) in [6, 6.07) is 0. The van der Waals surface area contributed by atoms with Crippen LogP contribution in [0.1, 0.15) is 58.3 Å². The predicted octanol–water partition coefficient (Wildman–Crippen LogP) is 2.59. The summed E-state index contributed by atoms with van der Waals surface area (Å²) in [6.45, 7) is 3.13. The van der Waals surface area contributed by atoms with Gasteiger partial charge in [-0.05, 0) is 13.0 Å². The third-order valence-electron chi connectivity index (χ3n) is 2.06. The van der Waals surface area contributed by atoms with E-state index in [1.165, 1.54) is 51.4 Å². The maximum atomic E-state index is 9.19. The van der Waals surface area contributed by atoms with Crippen molar-refractivity contribution in [3.05, 3.63) is 0 Å². The second kappa shape index (κ2) is 12.9. The Balaban J connectivity index is 0. The maximum absolute atomic E-state index is 9.19. The van der Waals surface area contributed by atoms with E-state index in [-0.39, 0.29) is 0 Å². The van der Waals surface area contributed by atoms with Crippen molar-refractivity contribution in [1.82, 2.24) is 0 Å². The van der Waals surface area contributed by atoms with Gasteiger partial charge in [-0.3, -0.25) is 4.55 Å². The zero-order valence-corrected chi connectivity index (χ0v) is 11.4. The van der Waals surface area contributed by atoms with E-state index in [0.717, 1.165) is 6.54 Å². The monoisotopic (exact) mass is 253 g/mol. The van der Waals surface area contributed by atoms with E-state index in [1.807, 2.05) is 0 Å². The fraction of sp³-hybridized carbons (Fsp3) is 1.00. The Labute approximate surface area is 100 Å². The molecule has 0 aromatic carbocycles. The number of unbranched alkanes of at least 4 members (excludes halogenated alkanes) is 7. The van der Waals surface area contributed by atoms with Crippen molar-refractivity contribution in [2.24, 2.45) is 5.73 Å². The van der Waals surface area contributed by atoms with Crippen LogP contribution >= 0.6 is 0 Å². The minimum atomic E-state index is -3.67. The van der Waals surface area contributed by atoms with Crippen LogP contribution in [-0.2, 0) is 10.1 Å². The van der Waals surface area contributed by atoms with Gasteiger partial charge >= 0.3 is 0 Å². The molecule has 0 aliphatic heterocycles. The molecule has 0 atom stereocenters. The van der Waals surface area contributed by atoms with Crippen LogP contribution in [0.5, 0.6) is 0 Å². The first-order valence-corrected chi connectivity index (χ1v) is 7.89. The molecule has 0 radical (unpaired) electrons.